The largest absolute Gasteiger partial charge is 0.348 e. The number of aryl methyl sites for hydroxylation is 1. The molecular formula is C14H24N4O. The minimum atomic E-state index is -0.363. The summed E-state index contributed by atoms with van der Waals surface area (Å²) in [5.41, 5.74) is 5.52. The topological polar surface area (TPSA) is 72.9 Å². The number of aromatic nitrogens is 2. The molecule has 1 aliphatic carbocycles. The van der Waals surface area contributed by atoms with Gasteiger partial charge in [0.1, 0.15) is 5.82 Å². The Morgan fingerprint density at radius 1 is 1.58 bits per heavy atom. The van der Waals surface area contributed by atoms with Crippen LogP contribution in [0.15, 0.2) is 12.4 Å². The van der Waals surface area contributed by atoms with Gasteiger partial charge in [-0.15, -0.1) is 0 Å². The van der Waals surface area contributed by atoms with Gasteiger partial charge >= 0.3 is 0 Å². The van der Waals surface area contributed by atoms with Gasteiger partial charge in [0.2, 0.25) is 5.91 Å². The van der Waals surface area contributed by atoms with Gasteiger partial charge in [0.05, 0.1) is 12.0 Å². The molecule has 5 heteroatoms. The number of hydrogen-bond donors (Lipinski definition) is 2. The molecule has 1 fully saturated rings. The lowest BCUT2D eigenvalue weighted by Crippen LogP contribution is -2.47. The summed E-state index contributed by atoms with van der Waals surface area (Å²) in [5.74, 6) is 1.66. The molecule has 0 spiro atoms. The van der Waals surface area contributed by atoms with E-state index >= 15 is 0 Å². The summed E-state index contributed by atoms with van der Waals surface area (Å²) in [6.45, 7) is 3.15. The maximum atomic E-state index is 12.4. The van der Waals surface area contributed by atoms with E-state index in [0.29, 0.717) is 19.0 Å². The first-order chi connectivity index (χ1) is 9.07. The molecule has 1 heterocycles. The molecule has 0 bridgehead atoms. The number of carbonyl (C=O) groups excluding carboxylic acids is 1. The average Bonchev–Trinajstić information content (AvgIpc) is 2.83. The highest BCUT2D eigenvalue weighted by molar-refractivity contribution is 5.82. The number of rotatable bonds is 4. The van der Waals surface area contributed by atoms with Crippen LogP contribution < -0.4 is 11.1 Å². The molecule has 2 rings (SSSR count). The molecule has 0 atom stereocenters. The van der Waals surface area contributed by atoms with Crippen molar-refractivity contribution in [2.45, 2.75) is 39.2 Å². The number of amides is 1. The first-order valence-electron chi connectivity index (χ1n) is 7.02. The van der Waals surface area contributed by atoms with E-state index in [1.807, 2.05) is 17.8 Å². The van der Waals surface area contributed by atoms with Crippen molar-refractivity contribution < 1.29 is 4.79 Å². The van der Waals surface area contributed by atoms with Crippen molar-refractivity contribution in [3.8, 4) is 0 Å². The van der Waals surface area contributed by atoms with Gasteiger partial charge in [-0.2, -0.15) is 0 Å². The Hall–Kier alpha value is -1.36. The van der Waals surface area contributed by atoms with E-state index in [2.05, 4.69) is 17.2 Å². The van der Waals surface area contributed by atoms with E-state index in [0.717, 1.165) is 31.5 Å². The third-order valence-electron chi connectivity index (χ3n) is 4.43. The van der Waals surface area contributed by atoms with E-state index in [1.54, 1.807) is 6.20 Å². The maximum absolute atomic E-state index is 12.4. The van der Waals surface area contributed by atoms with Crippen LogP contribution in [0.1, 0.15) is 38.4 Å². The van der Waals surface area contributed by atoms with Gasteiger partial charge in [-0.05, 0) is 31.6 Å². The number of carbonyl (C=O) groups is 1. The molecule has 5 nitrogen and oxygen atoms in total. The predicted octanol–water partition coefficient (Wildman–Crippen LogP) is 1.19. The molecule has 0 aromatic carbocycles. The van der Waals surface area contributed by atoms with Gasteiger partial charge in [-0.1, -0.05) is 6.92 Å². The van der Waals surface area contributed by atoms with Crippen molar-refractivity contribution in [1.29, 1.82) is 0 Å². The Labute approximate surface area is 114 Å². The van der Waals surface area contributed by atoms with E-state index in [4.69, 9.17) is 5.73 Å². The molecule has 0 saturated heterocycles. The van der Waals surface area contributed by atoms with Crippen LogP contribution >= 0.6 is 0 Å². The molecule has 1 saturated carbocycles. The van der Waals surface area contributed by atoms with Crippen LogP contribution in [-0.4, -0.2) is 22.0 Å². The Morgan fingerprint density at radius 3 is 2.79 bits per heavy atom. The maximum Gasteiger partial charge on any atom is 0.227 e. The van der Waals surface area contributed by atoms with Gasteiger partial charge in [-0.3, -0.25) is 4.79 Å². The number of hydrogen-bond acceptors (Lipinski definition) is 3. The Balaban J connectivity index is 1.96. The second kappa shape index (κ2) is 5.74. The first kappa shape index (κ1) is 14.1. The quantitative estimate of drug-likeness (QED) is 0.858. The second-order valence-corrected chi connectivity index (χ2v) is 5.80. The van der Waals surface area contributed by atoms with E-state index < -0.39 is 0 Å². The second-order valence-electron chi connectivity index (χ2n) is 5.80. The summed E-state index contributed by atoms with van der Waals surface area (Å²) in [4.78, 5) is 16.6. The van der Waals surface area contributed by atoms with Crippen molar-refractivity contribution in [3.05, 3.63) is 18.2 Å². The van der Waals surface area contributed by atoms with Crippen LogP contribution in [0, 0.1) is 11.3 Å². The monoisotopic (exact) mass is 264 g/mol. The molecule has 106 valence electrons. The molecule has 19 heavy (non-hydrogen) atoms. The fourth-order valence-corrected chi connectivity index (χ4v) is 2.75. The van der Waals surface area contributed by atoms with Crippen molar-refractivity contribution in [2.24, 2.45) is 24.1 Å². The summed E-state index contributed by atoms with van der Waals surface area (Å²) < 4.78 is 1.92. The summed E-state index contributed by atoms with van der Waals surface area (Å²) >= 11 is 0. The predicted molar refractivity (Wildman–Crippen MR) is 74.2 cm³/mol. The zero-order valence-corrected chi connectivity index (χ0v) is 11.9. The van der Waals surface area contributed by atoms with Gasteiger partial charge in [0, 0.05) is 26.0 Å². The minimum Gasteiger partial charge on any atom is -0.348 e. The van der Waals surface area contributed by atoms with Crippen molar-refractivity contribution in [2.75, 3.05) is 6.54 Å². The van der Waals surface area contributed by atoms with Crippen LogP contribution in [0.4, 0.5) is 0 Å². The highest BCUT2D eigenvalue weighted by Gasteiger charge is 2.39. The lowest BCUT2D eigenvalue weighted by Gasteiger charge is -2.37. The Kier molecular flexibility index (Phi) is 4.24. The van der Waals surface area contributed by atoms with Crippen LogP contribution in [0.25, 0.3) is 0 Å². The number of nitrogens with zero attached hydrogens (tertiary/aromatic N) is 2. The lowest BCUT2D eigenvalue weighted by atomic mass is 9.70. The molecule has 1 aromatic heterocycles. The highest BCUT2D eigenvalue weighted by Crippen LogP contribution is 2.38. The molecule has 1 amide bonds. The molecule has 0 radical (unpaired) electrons. The highest BCUT2D eigenvalue weighted by atomic mass is 16.2. The summed E-state index contributed by atoms with van der Waals surface area (Å²) in [6, 6.07) is 0. The summed E-state index contributed by atoms with van der Waals surface area (Å²) in [6.07, 6.45) is 7.60. The zero-order chi connectivity index (χ0) is 13.9. The van der Waals surface area contributed by atoms with Crippen LogP contribution in [0.5, 0.6) is 0 Å². The number of nitrogens with one attached hydrogen (secondary N) is 1. The third kappa shape index (κ3) is 2.97. The summed E-state index contributed by atoms with van der Waals surface area (Å²) in [5, 5.41) is 3.00. The SMILES string of the molecule is CC1CCC(CN)(C(=O)NCc2nccn2C)CC1. The number of nitrogens with two attached hydrogens (primary N) is 1. The molecule has 0 unspecified atom stereocenters. The normalized spacial score (nSPS) is 27.2. The van der Waals surface area contributed by atoms with Crippen molar-refractivity contribution >= 4 is 5.91 Å². The fourth-order valence-electron chi connectivity index (χ4n) is 2.75. The average molecular weight is 264 g/mol. The van der Waals surface area contributed by atoms with Gasteiger partial charge in [-0.25, -0.2) is 4.98 Å². The Bertz CT molecular complexity index is 432. The lowest BCUT2D eigenvalue weighted by molar-refractivity contribution is -0.133. The third-order valence-corrected chi connectivity index (χ3v) is 4.43. The first-order valence-corrected chi connectivity index (χ1v) is 7.02. The van der Waals surface area contributed by atoms with E-state index in [9.17, 15) is 4.79 Å². The Morgan fingerprint density at radius 2 is 2.26 bits per heavy atom. The van der Waals surface area contributed by atoms with Gasteiger partial charge in [0.15, 0.2) is 0 Å². The molecule has 0 aliphatic heterocycles. The summed E-state index contributed by atoms with van der Waals surface area (Å²) in [7, 11) is 1.93. The molecule has 3 N–H and O–H groups in total. The molecule has 1 aromatic rings. The van der Waals surface area contributed by atoms with Crippen LogP contribution in [0.3, 0.4) is 0 Å². The van der Waals surface area contributed by atoms with E-state index in [1.165, 1.54) is 0 Å². The van der Waals surface area contributed by atoms with Crippen LogP contribution in [0.2, 0.25) is 0 Å². The van der Waals surface area contributed by atoms with E-state index in [-0.39, 0.29) is 11.3 Å². The fraction of sp³-hybridized carbons (Fsp3) is 0.714. The zero-order valence-electron chi connectivity index (χ0n) is 11.9. The van der Waals surface area contributed by atoms with Crippen molar-refractivity contribution in [1.82, 2.24) is 14.9 Å². The smallest absolute Gasteiger partial charge is 0.227 e. The minimum absolute atomic E-state index is 0.0879. The standard InChI is InChI=1S/C14H24N4O/c1-11-3-5-14(10-15,6-4-11)13(19)17-9-12-16-7-8-18(12)2/h7-8,11H,3-6,9-10,15H2,1-2H3,(H,17,19). The van der Waals surface area contributed by atoms with Gasteiger partial charge < -0.3 is 15.6 Å². The molecular weight excluding hydrogens is 240 g/mol. The van der Waals surface area contributed by atoms with Gasteiger partial charge in [0.25, 0.3) is 0 Å². The molecule has 1 aliphatic rings. The number of imidazole rings is 1. The van der Waals surface area contributed by atoms with Crippen LogP contribution in [-0.2, 0) is 18.4 Å². The van der Waals surface area contributed by atoms with Crippen molar-refractivity contribution in [3.63, 3.8) is 0 Å².